The maximum Gasteiger partial charge on any atom is 0.352 e. The van der Waals surface area contributed by atoms with Gasteiger partial charge in [0.05, 0.1) is 0 Å². The lowest BCUT2D eigenvalue weighted by atomic mass is 10.0. The summed E-state index contributed by atoms with van der Waals surface area (Å²) in [6, 6.07) is 10.3. The zero-order chi connectivity index (χ0) is 13.2. The van der Waals surface area contributed by atoms with Crippen LogP contribution in [-0.4, -0.2) is 27.5 Å². The van der Waals surface area contributed by atoms with Gasteiger partial charge in [-0.25, -0.2) is 4.79 Å². The molecule has 4 heteroatoms. The minimum Gasteiger partial charge on any atom is -0.477 e. The number of fused-ring (bicyclic) bond motifs is 1. The van der Waals surface area contributed by atoms with Crippen LogP contribution in [0.15, 0.2) is 36.5 Å². The van der Waals surface area contributed by atoms with E-state index in [1.54, 1.807) is 0 Å². The number of benzene rings is 1. The molecule has 3 rings (SSSR count). The highest BCUT2D eigenvalue weighted by Crippen LogP contribution is 2.23. The van der Waals surface area contributed by atoms with Gasteiger partial charge in [0.15, 0.2) is 0 Å². The predicted molar refractivity (Wildman–Crippen MR) is 72.0 cm³/mol. The number of nitrogens with one attached hydrogen (secondary N) is 1. The number of aromatic carboxylic acids is 1. The molecule has 2 heterocycles. The van der Waals surface area contributed by atoms with Gasteiger partial charge >= 0.3 is 5.97 Å². The average molecular weight is 256 g/mol. The number of nitrogens with zero attached hydrogens (tertiary/aromatic N) is 1. The Morgan fingerprint density at radius 2 is 2.11 bits per heavy atom. The molecular formula is C15H16N2O2. The second-order valence-corrected chi connectivity index (χ2v) is 4.92. The lowest BCUT2D eigenvalue weighted by Gasteiger charge is -2.27. The summed E-state index contributed by atoms with van der Waals surface area (Å²) in [7, 11) is 0. The molecule has 0 fully saturated rings. The fraction of sp³-hybridized carbons (Fsp3) is 0.267. The van der Waals surface area contributed by atoms with Crippen molar-refractivity contribution in [2.24, 2.45) is 0 Å². The predicted octanol–water partition coefficient (Wildman–Crippen LogP) is 2.27. The van der Waals surface area contributed by atoms with E-state index in [2.05, 4.69) is 22.0 Å². The Balaban J connectivity index is 1.74. The molecular weight excluding hydrogens is 240 g/mol. The standard InChI is InChI=1S/C15H16N2O2/c18-15(19)14-13-6-7-17(10-12(13)8-16-14)9-11-4-2-1-3-5-11/h1-5,8,16H,6-7,9-10H2,(H,18,19). The quantitative estimate of drug-likeness (QED) is 0.885. The van der Waals surface area contributed by atoms with Crippen LogP contribution in [0.2, 0.25) is 0 Å². The van der Waals surface area contributed by atoms with Gasteiger partial charge in [0, 0.05) is 25.8 Å². The van der Waals surface area contributed by atoms with Crippen LogP contribution in [0, 0.1) is 0 Å². The van der Waals surface area contributed by atoms with E-state index < -0.39 is 5.97 Å². The maximum atomic E-state index is 11.1. The fourth-order valence-corrected chi connectivity index (χ4v) is 2.68. The summed E-state index contributed by atoms with van der Waals surface area (Å²) in [5, 5.41) is 9.09. The molecule has 0 aliphatic carbocycles. The van der Waals surface area contributed by atoms with Gasteiger partial charge in [0.25, 0.3) is 0 Å². The highest BCUT2D eigenvalue weighted by Gasteiger charge is 2.23. The van der Waals surface area contributed by atoms with Crippen molar-refractivity contribution in [1.82, 2.24) is 9.88 Å². The van der Waals surface area contributed by atoms with Gasteiger partial charge in [0.1, 0.15) is 5.69 Å². The number of carbonyl (C=O) groups is 1. The Morgan fingerprint density at radius 1 is 1.32 bits per heavy atom. The first-order valence-electron chi connectivity index (χ1n) is 6.43. The maximum absolute atomic E-state index is 11.1. The second-order valence-electron chi connectivity index (χ2n) is 4.92. The van der Waals surface area contributed by atoms with Crippen molar-refractivity contribution in [2.45, 2.75) is 19.5 Å². The summed E-state index contributed by atoms with van der Waals surface area (Å²) in [6.07, 6.45) is 2.63. The van der Waals surface area contributed by atoms with Crippen molar-refractivity contribution >= 4 is 5.97 Å². The summed E-state index contributed by atoms with van der Waals surface area (Å²) in [6.45, 7) is 2.63. The molecule has 4 nitrogen and oxygen atoms in total. The van der Waals surface area contributed by atoms with E-state index in [0.717, 1.165) is 37.2 Å². The smallest absolute Gasteiger partial charge is 0.352 e. The van der Waals surface area contributed by atoms with Gasteiger partial charge in [-0.1, -0.05) is 30.3 Å². The highest BCUT2D eigenvalue weighted by molar-refractivity contribution is 5.87. The second kappa shape index (κ2) is 4.90. The van der Waals surface area contributed by atoms with Gasteiger partial charge in [-0.05, 0) is 23.1 Å². The lowest BCUT2D eigenvalue weighted by Crippen LogP contribution is -2.30. The monoisotopic (exact) mass is 256 g/mol. The van der Waals surface area contributed by atoms with Gasteiger partial charge in [-0.2, -0.15) is 0 Å². The number of aromatic nitrogens is 1. The molecule has 1 aliphatic heterocycles. The van der Waals surface area contributed by atoms with E-state index in [1.807, 2.05) is 24.4 Å². The van der Waals surface area contributed by atoms with Gasteiger partial charge in [-0.15, -0.1) is 0 Å². The van der Waals surface area contributed by atoms with E-state index in [9.17, 15) is 4.79 Å². The number of hydrogen-bond donors (Lipinski definition) is 2. The minimum atomic E-state index is -0.863. The van der Waals surface area contributed by atoms with Crippen LogP contribution in [0.5, 0.6) is 0 Å². The van der Waals surface area contributed by atoms with Crippen molar-refractivity contribution in [3.63, 3.8) is 0 Å². The Hall–Kier alpha value is -2.07. The Kier molecular flexibility index (Phi) is 3.09. The molecule has 19 heavy (non-hydrogen) atoms. The third kappa shape index (κ3) is 2.39. The molecule has 1 aliphatic rings. The zero-order valence-electron chi connectivity index (χ0n) is 10.6. The molecule has 0 amide bonds. The molecule has 1 aromatic heterocycles. The van der Waals surface area contributed by atoms with E-state index in [1.165, 1.54) is 5.56 Å². The van der Waals surface area contributed by atoms with Crippen LogP contribution in [0.25, 0.3) is 0 Å². The molecule has 98 valence electrons. The first kappa shape index (κ1) is 12.0. The van der Waals surface area contributed by atoms with E-state index in [0.29, 0.717) is 5.69 Å². The van der Waals surface area contributed by atoms with Crippen molar-refractivity contribution < 1.29 is 9.90 Å². The molecule has 1 aromatic carbocycles. The molecule has 0 unspecified atom stereocenters. The average Bonchev–Trinajstić information content (AvgIpc) is 2.83. The lowest BCUT2D eigenvalue weighted by molar-refractivity contribution is 0.0689. The molecule has 2 N–H and O–H groups in total. The summed E-state index contributed by atoms with van der Waals surface area (Å²) in [4.78, 5) is 16.3. The van der Waals surface area contributed by atoms with E-state index in [-0.39, 0.29) is 0 Å². The molecule has 0 atom stereocenters. The Bertz CT molecular complexity index is 589. The van der Waals surface area contributed by atoms with Gasteiger partial charge < -0.3 is 10.1 Å². The number of H-pyrrole nitrogens is 1. The summed E-state index contributed by atoms with van der Waals surface area (Å²) >= 11 is 0. The first-order valence-corrected chi connectivity index (χ1v) is 6.43. The van der Waals surface area contributed by atoms with Gasteiger partial charge in [0.2, 0.25) is 0 Å². The van der Waals surface area contributed by atoms with Gasteiger partial charge in [-0.3, -0.25) is 4.90 Å². The number of aromatic amines is 1. The number of carboxylic acids is 1. The fourth-order valence-electron chi connectivity index (χ4n) is 2.68. The van der Waals surface area contributed by atoms with Crippen molar-refractivity contribution in [3.05, 3.63) is 58.9 Å². The molecule has 0 saturated heterocycles. The zero-order valence-corrected chi connectivity index (χ0v) is 10.6. The minimum absolute atomic E-state index is 0.356. The van der Waals surface area contributed by atoms with Crippen LogP contribution >= 0.6 is 0 Å². The van der Waals surface area contributed by atoms with Crippen LogP contribution in [0.1, 0.15) is 27.2 Å². The highest BCUT2D eigenvalue weighted by atomic mass is 16.4. The number of hydrogen-bond acceptors (Lipinski definition) is 2. The summed E-state index contributed by atoms with van der Waals surface area (Å²) in [5.41, 5.74) is 3.73. The molecule has 0 bridgehead atoms. The topological polar surface area (TPSA) is 56.3 Å². The largest absolute Gasteiger partial charge is 0.477 e. The third-order valence-electron chi connectivity index (χ3n) is 3.61. The summed E-state index contributed by atoms with van der Waals surface area (Å²) < 4.78 is 0. The molecule has 0 saturated carbocycles. The molecule has 0 spiro atoms. The van der Waals surface area contributed by atoms with Crippen molar-refractivity contribution in [2.75, 3.05) is 6.54 Å². The normalized spacial score (nSPS) is 15.2. The Morgan fingerprint density at radius 3 is 2.84 bits per heavy atom. The van der Waals surface area contributed by atoms with Crippen LogP contribution in [-0.2, 0) is 19.5 Å². The van der Waals surface area contributed by atoms with Crippen LogP contribution in [0.4, 0.5) is 0 Å². The van der Waals surface area contributed by atoms with E-state index >= 15 is 0 Å². The number of rotatable bonds is 3. The molecule has 2 aromatic rings. The number of carboxylic acid groups (broad SMARTS) is 1. The molecule has 0 radical (unpaired) electrons. The summed E-state index contributed by atoms with van der Waals surface area (Å²) in [5.74, 6) is -0.863. The van der Waals surface area contributed by atoms with Crippen LogP contribution in [0.3, 0.4) is 0 Å². The van der Waals surface area contributed by atoms with Crippen molar-refractivity contribution in [3.8, 4) is 0 Å². The van der Waals surface area contributed by atoms with E-state index in [4.69, 9.17) is 5.11 Å². The van der Waals surface area contributed by atoms with Crippen LogP contribution < -0.4 is 0 Å². The Labute approximate surface area is 111 Å². The van der Waals surface area contributed by atoms with Crippen molar-refractivity contribution in [1.29, 1.82) is 0 Å². The first-order chi connectivity index (χ1) is 9.24. The third-order valence-corrected chi connectivity index (χ3v) is 3.61. The SMILES string of the molecule is O=C(O)c1[nH]cc2c1CCN(Cc1ccccc1)C2.